The van der Waals surface area contributed by atoms with Crippen molar-refractivity contribution in [2.45, 2.75) is 38.5 Å². The quantitative estimate of drug-likeness (QED) is 0.484. The number of nitrogens with zero attached hydrogens (tertiary/aromatic N) is 2. The number of guanidine groups is 1. The maximum absolute atomic E-state index is 13.2. The van der Waals surface area contributed by atoms with E-state index >= 15 is 0 Å². The van der Waals surface area contributed by atoms with E-state index in [9.17, 15) is 22.4 Å². The third kappa shape index (κ3) is 5.09. The lowest BCUT2D eigenvalue weighted by Crippen LogP contribution is -2.44. The first-order chi connectivity index (χ1) is 12.2. The number of amides is 1. The summed E-state index contributed by atoms with van der Waals surface area (Å²) in [6, 6.07) is 2.56. The number of hydrogen-bond acceptors (Lipinski definition) is 2. The average Bonchev–Trinajstić information content (AvgIpc) is 3.06. The van der Waals surface area contributed by atoms with Crippen LogP contribution in [0.4, 0.5) is 17.6 Å². The van der Waals surface area contributed by atoms with Crippen LogP contribution in [0.15, 0.2) is 23.2 Å². The molecule has 1 unspecified atom stereocenters. The van der Waals surface area contributed by atoms with Crippen molar-refractivity contribution in [3.05, 3.63) is 35.1 Å². The topological polar surface area (TPSA) is 56.7 Å². The van der Waals surface area contributed by atoms with E-state index in [1.807, 2.05) is 0 Å². The minimum atomic E-state index is -4.64. The molecular weight excluding hydrogens is 352 g/mol. The first-order valence-corrected chi connectivity index (χ1v) is 8.35. The number of rotatable bonds is 4. The van der Waals surface area contributed by atoms with Gasteiger partial charge < -0.3 is 15.5 Å². The fraction of sp³-hybridized carbons (Fsp3) is 0.529. The van der Waals surface area contributed by atoms with Crippen LogP contribution in [-0.4, -0.2) is 42.9 Å². The summed E-state index contributed by atoms with van der Waals surface area (Å²) < 4.78 is 52.3. The van der Waals surface area contributed by atoms with Crippen LogP contribution in [-0.2, 0) is 17.5 Å². The molecule has 0 bridgehead atoms. The number of alkyl halides is 3. The molecule has 5 nitrogen and oxygen atoms in total. The number of carbonyl (C=O) groups is 1. The normalized spacial score (nSPS) is 18.2. The van der Waals surface area contributed by atoms with Gasteiger partial charge in [0.05, 0.1) is 5.56 Å². The summed E-state index contributed by atoms with van der Waals surface area (Å²) in [6.07, 6.45) is -3.47. The molecule has 1 aliphatic heterocycles. The number of carbonyl (C=O) groups excluding carboxylic acids is 1. The van der Waals surface area contributed by atoms with Crippen molar-refractivity contribution in [3.8, 4) is 0 Å². The van der Waals surface area contributed by atoms with Crippen LogP contribution in [0.25, 0.3) is 0 Å². The van der Waals surface area contributed by atoms with Crippen LogP contribution in [0.1, 0.15) is 30.9 Å². The summed E-state index contributed by atoms with van der Waals surface area (Å²) >= 11 is 0. The van der Waals surface area contributed by atoms with Crippen LogP contribution >= 0.6 is 0 Å². The number of likely N-dealkylation sites (tertiary alicyclic amines) is 1. The molecule has 1 amide bonds. The van der Waals surface area contributed by atoms with E-state index in [1.54, 1.807) is 11.8 Å². The Hall–Kier alpha value is -2.32. The van der Waals surface area contributed by atoms with Crippen LogP contribution in [0.5, 0.6) is 0 Å². The summed E-state index contributed by atoms with van der Waals surface area (Å²) in [5.74, 6) is -0.535. The molecule has 144 valence electrons. The zero-order valence-corrected chi connectivity index (χ0v) is 14.7. The van der Waals surface area contributed by atoms with E-state index < -0.39 is 17.6 Å². The van der Waals surface area contributed by atoms with Crippen LogP contribution in [0.3, 0.4) is 0 Å². The molecule has 9 heteroatoms. The van der Waals surface area contributed by atoms with Crippen molar-refractivity contribution in [3.63, 3.8) is 0 Å². The Kier molecular flexibility index (Phi) is 6.44. The highest BCUT2D eigenvalue weighted by molar-refractivity contribution is 5.80. The second-order valence-corrected chi connectivity index (χ2v) is 6.05. The highest BCUT2D eigenvalue weighted by atomic mass is 19.4. The summed E-state index contributed by atoms with van der Waals surface area (Å²) in [6.45, 7) is 2.80. The Bertz CT molecular complexity index is 675. The Morgan fingerprint density at radius 1 is 1.38 bits per heavy atom. The van der Waals surface area contributed by atoms with Gasteiger partial charge in [0.25, 0.3) is 0 Å². The summed E-state index contributed by atoms with van der Waals surface area (Å²) in [5, 5.41) is 5.92. The van der Waals surface area contributed by atoms with Crippen LogP contribution in [0.2, 0.25) is 0 Å². The Labute approximate surface area is 149 Å². The average molecular weight is 374 g/mol. The van der Waals surface area contributed by atoms with Gasteiger partial charge in [-0.25, -0.2) is 4.39 Å². The van der Waals surface area contributed by atoms with Gasteiger partial charge in [-0.15, -0.1) is 0 Å². The van der Waals surface area contributed by atoms with Crippen LogP contribution in [0, 0.1) is 5.82 Å². The summed E-state index contributed by atoms with van der Waals surface area (Å²) in [5.41, 5.74) is -1.09. The summed E-state index contributed by atoms with van der Waals surface area (Å²) in [7, 11) is 1.51. The second-order valence-electron chi connectivity index (χ2n) is 6.05. The molecule has 1 fully saturated rings. The van der Waals surface area contributed by atoms with Crippen molar-refractivity contribution in [2.75, 3.05) is 20.1 Å². The molecule has 1 saturated heterocycles. The maximum atomic E-state index is 13.2. The van der Waals surface area contributed by atoms with Gasteiger partial charge in [0.1, 0.15) is 5.82 Å². The lowest BCUT2D eigenvalue weighted by Gasteiger charge is -2.19. The third-order valence-corrected chi connectivity index (χ3v) is 4.23. The van der Waals surface area contributed by atoms with Gasteiger partial charge in [0.15, 0.2) is 5.96 Å². The molecule has 2 N–H and O–H groups in total. The number of halogens is 4. The van der Waals surface area contributed by atoms with Gasteiger partial charge in [-0.2, -0.15) is 13.2 Å². The second kappa shape index (κ2) is 8.37. The van der Waals surface area contributed by atoms with Crippen LogP contribution < -0.4 is 10.6 Å². The molecule has 0 saturated carbocycles. The SMILES string of the molecule is CCC(=O)N1CCC(NC(=NC)NCc2ccc(F)cc2C(F)(F)F)C1. The zero-order chi connectivity index (χ0) is 19.3. The number of benzene rings is 1. The van der Waals surface area contributed by atoms with Crippen molar-refractivity contribution < 1.29 is 22.4 Å². The molecule has 1 heterocycles. The van der Waals surface area contributed by atoms with Crippen molar-refractivity contribution >= 4 is 11.9 Å². The highest BCUT2D eigenvalue weighted by Gasteiger charge is 2.33. The molecule has 1 aliphatic rings. The molecule has 1 atom stereocenters. The number of hydrogen-bond donors (Lipinski definition) is 2. The van der Waals surface area contributed by atoms with E-state index in [4.69, 9.17) is 0 Å². The van der Waals surface area contributed by atoms with E-state index in [1.165, 1.54) is 7.05 Å². The molecule has 0 aliphatic carbocycles. The minimum Gasteiger partial charge on any atom is -0.352 e. The lowest BCUT2D eigenvalue weighted by atomic mass is 10.1. The van der Waals surface area contributed by atoms with E-state index in [-0.39, 0.29) is 24.1 Å². The van der Waals surface area contributed by atoms with Crippen molar-refractivity contribution in [1.29, 1.82) is 0 Å². The van der Waals surface area contributed by atoms with Crippen molar-refractivity contribution in [2.24, 2.45) is 4.99 Å². The van der Waals surface area contributed by atoms with E-state index in [0.29, 0.717) is 31.5 Å². The Morgan fingerprint density at radius 3 is 2.73 bits per heavy atom. The first kappa shape index (κ1) is 20.0. The largest absolute Gasteiger partial charge is 0.416 e. The number of aliphatic imine (C=N–C) groups is 1. The van der Waals surface area contributed by atoms with Gasteiger partial charge in [-0.1, -0.05) is 13.0 Å². The zero-order valence-electron chi connectivity index (χ0n) is 14.7. The van der Waals surface area contributed by atoms with Gasteiger partial charge in [-0.05, 0) is 24.1 Å². The fourth-order valence-corrected chi connectivity index (χ4v) is 2.86. The van der Waals surface area contributed by atoms with E-state index in [2.05, 4.69) is 15.6 Å². The predicted molar refractivity (Wildman–Crippen MR) is 90.0 cm³/mol. The maximum Gasteiger partial charge on any atom is 0.416 e. The monoisotopic (exact) mass is 374 g/mol. The Balaban J connectivity index is 1.97. The van der Waals surface area contributed by atoms with Gasteiger partial charge >= 0.3 is 6.18 Å². The molecule has 1 aromatic carbocycles. The van der Waals surface area contributed by atoms with Gasteiger partial charge in [0.2, 0.25) is 5.91 Å². The fourth-order valence-electron chi connectivity index (χ4n) is 2.86. The molecular formula is C17H22F4N4O. The summed E-state index contributed by atoms with van der Waals surface area (Å²) in [4.78, 5) is 17.4. The minimum absolute atomic E-state index is 0.0213. The third-order valence-electron chi connectivity index (χ3n) is 4.23. The standard InChI is InChI=1S/C17H22F4N4O/c1-3-15(26)25-7-6-13(10-25)24-16(22-2)23-9-11-4-5-12(18)8-14(11)17(19,20)21/h4-5,8,13H,3,6-7,9-10H2,1-2H3,(H2,22,23,24). The predicted octanol–water partition coefficient (Wildman–Crippen LogP) is 2.52. The smallest absolute Gasteiger partial charge is 0.352 e. The molecule has 1 aromatic rings. The lowest BCUT2D eigenvalue weighted by molar-refractivity contribution is -0.138. The van der Waals surface area contributed by atoms with Crippen molar-refractivity contribution in [1.82, 2.24) is 15.5 Å². The molecule has 0 aromatic heterocycles. The first-order valence-electron chi connectivity index (χ1n) is 8.35. The molecule has 26 heavy (non-hydrogen) atoms. The Morgan fingerprint density at radius 2 is 2.12 bits per heavy atom. The molecule has 2 rings (SSSR count). The van der Waals surface area contributed by atoms with Gasteiger partial charge in [0, 0.05) is 39.1 Å². The number of nitrogens with one attached hydrogen (secondary N) is 2. The van der Waals surface area contributed by atoms with E-state index in [0.717, 1.165) is 18.6 Å². The molecule has 0 radical (unpaired) electrons. The highest BCUT2D eigenvalue weighted by Crippen LogP contribution is 2.32. The van der Waals surface area contributed by atoms with Gasteiger partial charge in [-0.3, -0.25) is 9.79 Å². The molecule has 0 spiro atoms.